The van der Waals surface area contributed by atoms with Crippen LogP contribution in [0.3, 0.4) is 0 Å². The molecule has 2 N–H and O–H groups in total. The Kier molecular flexibility index (Phi) is 3.95. The SMILES string of the molecule is O=C1NCCN1CCSc1ncc(C2CCC2)c(=O)[nH]1. The van der Waals surface area contributed by atoms with Crippen molar-refractivity contribution in [1.29, 1.82) is 0 Å². The summed E-state index contributed by atoms with van der Waals surface area (Å²) in [6.07, 6.45) is 5.12. The van der Waals surface area contributed by atoms with Gasteiger partial charge in [0.1, 0.15) is 0 Å². The van der Waals surface area contributed by atoms with Gasteiger partial charge in [0.05, 0.1) is 0 Å². The number of nitrogens with zero attached hydrogens (tertiary/aromatic N) is 2. The standard InChI is InChI=1S/C13H18N4O2S/c18-11-10(9-2-1-3-9)8-15-12(16-11)20-7-6-17-5-4-14-13(17)19/h8-9H,1-7H2,(H,14,19)(H,15,16,18). The van der Waals surface area contributed by atoms with Crippen molar-refractivity contribution in [3.05, 3.63) is 22.1 Å². The van der Waals surface area contributed by atoms with E-state index in [-0.39, 0.29) is 11.6 Å². The molecule has 0 unspecified atom stereocenters. The smallest absolute Gasteiger partial charge is 0.317 e. The number of H-pyrrole nitrogens is 1. The lowest BCUT2D eigenvalue weighted by atomic mass is 9.81. The summed E-state index contributed by atoms with van der Waals surface area (Å²) in [6.45, 7) is 2.14. The van der Waals surface area contributed by atoms with E-state index in [4.69, 9.17) is 0 Å². The Labute approximate surface area is 121 Å². The van der Waals surface area contributed by atoms with Gasteiger partial charge in [0.2, 0.25) is 0 Å². The van der Waals surface area contributed by atoms with Crippen molar-refractivity contribution >= 4 is 17.8 Å². The van der Waals surface area contributed by atoms with E-state index in [0.717, 1.165) is 30.7 Å². The predicted octanol–water partition coefficient (Wildman–Crippen LogP) is 1.15. The second-order valence-electron chi connectivity index (χ2n) is 5.17. The number of hydrogen-bond acceptors (Lipinski definition) is 4. The minimum Gasteiger partial charge on any atom is -0.336 e. The van der Waals surface area contributed by atoms with Gasteiger partial charge in [-0.05, 0) is 18.8 Å². The van der Waals surface area contributed by atoms with E-state index in [0.29, 0.717) is 24.2 Å². The zero-order valence-corrected chi connectivity index (χ0v) is 12.0. The molecule has 0 atom stereocenters. The Hall–Kier alpha value is -1.50. The number of rotatable bonds is 5. The summed E-state index contributed by atoms with van der Waals surface area (Å²) in [5, 5.41) is 3.40. The van der Waals surface area contributed by atoms with Crippen LogP contribution in [0.4, 0.5) is 4.79 Å². The third-order valence-corrected chi connectivity index (χ3v) is 4.76. The summed E-state index contributed by atoms with van der Waals surface area (Å²) in [5.41, 5.74) is 0.811. The van der Waals surface area contributed by atoms with Crippen molar-refractivity contribution in [2.75, 3.05) is 25.4 Å². The molecule has 2 aliphatic rings. The van der Waals surface area contributed by atoms with Crippen LogP contribution in [-0.4, -0.2) is 46.3 Å². The van der Waals surface area contributed by atoms with E-state index in [1.807, 2.05) is 0 Å². The fourth-order valence-corrected chi connectivity index (χ4v) is 3.25. The average Bonchev–Trinajstić information content (AvgIpc) is 2.76. The van der Waals surface area contributed by atoms with Gasteiger partial charge in [0.25, 0.3) is 5.56 Å². The first-order valence-electron chi connectivity index (χ1n) is 6.99. The molecule has 1 saturated carbocycles. The quantitative estimate of drug-likeness (QED) is 0.631. The molecule has 1 aromatic rings. The van der Waals surface area contributed by atoms with Crippen LogP contribution >= 0.6 is 11.8 Å². The Morgan fingerprint density at radius 2 is 2.25 bits per heavy atom. The van der Waals surface area contributed by atoms with Crippen LogP contribution in [-0.2, 0) is 0 Å². The molecule has 2 fully saturated rings. The van der Waals surface area contributed by atoms with E-state index in [1.165, 1.54) is 18.2 Å². The highest BCUT2D eigenvalue weighted by Crippen LogP contribution is 2.34. The third-order valence-electron chi connectivity index (χ3n) is 3.89. The maximum absolute atomic E-state index is 12.0. The highest BCUT2D eigenvalue weighted by molar-refractivity contribution is 7.99. The van der Waals surface area contributed by atoms with Gasteiger partial charge in [0, 0.05) is 37.1 Å². The molecule has 6 nitrogen and oxygen atoms in total. The molecule has 1 aliphatic carbocycles. The summed E-state index contributed by atoms with van der Waals surface area (Å²) in [7, 11) is 0. The zero-order chi connectivity index (χ0) is 13.9. The summed E-state index contributed by atoms with van der Waals surface area (Å²) >= 11 is 1.48. The molecule has 0 aromatic carbocycles. The molecule has 20 heavy (non-hydrogen) atoms. The number of amides is 2. The lowest BCUT2D eigenvalue weighted by molar-refractivity contribution is 0.220. The van der Waals surface area contributed by atoms with Gasteiger partial charge < -0.3 is 15.2 Å². The van der Waals surface area contributed by atoms with Crippen LogP contribution in [0.25, 0.3) is 0 Å². The molecule has 0 spiro atoms. The number of carbonyl (C=O) groups is 1. The number of nitrogens with one attached hydrogen (secondary N) is 2. The van der Waals surface area contributed by atoms with Crippen LogP contribution in [0, 0.1) is 0 Å². The van der Waals surface area contributed by atoms with Gasteiger partial charge in [-0.3, -0.25) is 4.79 Å². The number of carbonyl (C=O) groups excluding carboxylic acids is 1. The van der Waals surface area contributed by atoms with E-state index in [9.17, 15) is 9.59 Å². The number of aromatic nitrogens is 2. The molecule has 1 saturated heterocycles. The molecule has 0 radical (unpaired) electrons. The van der Waals surface area contributed by atoms with Crippen LogP contribution in [0.1, 0.15) is 30.7 Å². The molecule has 1 aliphatic heterocycles. The molecular weight excluding hydrogens is 276 g/mol. The molecule has 2 heterocycles. The van der Waals surface area contributed by atoms with Gasteiger partial charge >= 0.3 is 6.03 Å². The highest BCUT2D eigenvalue weighted by atomic mass is 32.2. The van der Waals surface area contributed by atoms with Crippen LogP contribution in [0.15, 0.2) is 16.1 Å². The first kappa shape index (κ1) is 13.5. The molecular formula is C13H18N4O2S. The number of hydrogen-bond donors (Lipinski definition) is 2. The Bertz CT molecular complexity index is 556. The molecule has 108 valence electrons. The Morgan fingerprint density at radius 3 is 2.85 bits per heavy atom. The number of aromatic amines is 1. The summed E-state index contributed by atoms with van der Waals surface area (Å²) in [5.74, 6) is 1.14. The fourth-order valence-electron chi connectivity index (χ4n) is 2.45. The highest BCUT2D eigenvalue weighted by Gasteiger charge is 2.23. The van der Waals surface area contributed by atoms with Gasteiger partial charge in [-0.1, -0.05) is 18.2 Å². The summed E-state index contributed by atoms with van der Waals surface area (Å²) in [4.78, 5) is 32.2. The summed E-state index contributed by atoms with van der Waals surface area (Å²) in [6, 6.07) is -0.00705. The topological polar surface area (TPSA) is 78.1 Å². The zero-order valence-electron chi connectivity index (χ0n) is 11.2. The molecule has 0 bridgehead atoms. The van der Waals surface area contributed by atoms with E-state index in [1.54, 1.807) is 11.1 Å². The average molecular weight is 294 g/mol. The van der Waals surface area contributed by atoms with Crippen molar-refractivity contribution in [2.45, 2.75) is 30.3 Å². The molecule has 3 rings (SSSR count). The van der Waals surface area contributed by atoms with Crippen LogP contribution in [0.2, 0.25) is 0 Å². The van der Waals surface area contributed by atoms with Crippen LogP contribution < -0.4 is 10.9 Å². The van der Waals surface area contributed by atoms with Crippen LogP contribution in [0.5, 0.6) is 0 Å². The lowest BCUT2D eigenvalue weighted by Gasteiger charge is -2.24. The summed E-state index contributed by atoms with van der Waals surface area (Å²) < 4.78 is 0. The molecule has 2 amide bonds. The monoisotopic (exact) mass is 294 g/mol. The maximum Gasteiger partial charge on any atom is 0.317 e. The largest absolute Gasteiger partial charge is 0.336 e. The predicted molar refractivity (Wildman–Crippen MR) is 77.1 cm³/mol. The second kappa shape index (κ2) is 5.87. The second-order valence-corrected chi connectivity index (χ2v) is 6.25. The molecule has 1 aromatic heterocycles. The van der Waals surface area contributed by atoms with E-state index < -0.39 is 0 Å². The van der Waals surface area contributed by atoms with Crippen molar-refractivity contribution in [3.63, 3.8) is 0 Å². The third kappa shape index (κ3) is 2.82. The molecule has 7 heteroatoms. The van der Waals surface area contributed by atoms with Gasteiger partial charge in [-0.15, -0.1) is 0 Å². The minimum atomic E-state index is -0.00823. The van der Waals surface area contributed by atoms with Crippen molar-refractivity contribution in [2.24, 2.45) is 0 Å². The number of thioether (sulfide) groups is 1. The Morgan fingerprint density at radius 1 is 1.40 bits per heavy atom. The van der Waals surface area contributed by atoms with E-state index in [2.05, 4.69) is 15.3 Å². The maximum atomic E-state index is 12.0. The van der Waals surface area contributed by atoms with Crippen molar-refractivity contribution < 1.29 is 4.79 Å². The Balaban J connectivity index is 1.54. The fraction of sp³-hybridized carbons (Fsp3) is 0.615. The first-order chi connectivity index (χ1) is 9.74. The normalized spacial score (nSPS) is 19.0. The number of urea groups is 1. The first-order valence-corrected chi connectivity index (χ1v) is 7.97. The minimum absolute atomic E-state index is 0.00705. The van der Waals surface area contributed by atoms with Gasteiger partial charge in [0.15, 0.2) is 5.16 Å². The van der Waals surface area contributed by atoms with Gasteiger partial charge in [-0.25, -0.2) is 9.78 Å². The van der Waals surface area contributed by atoms with E-state index >= 15 is 0 Å². The van der Waals surface area contributed by atoms with Crippen molar-refractivity contribution in [1.82, 2.24) is 20.2 Å². The van der Waals surface area contributed by atoms with Gasteiger partial charge in [-0.2, -0.15) is 0 Å². The lowest BCUT2D eigenvalue weighted by Crippen LogP contribution is -2.30. The van der Waals surface area contributed by atoms with Crippen molar-refractivity contribution in [3.8, 4) is 0 Å².